The van der Waals surface area contributed by atoms with Gasteiger partial charge in [0, 0.05) is 41.3 Å². The minimum atomic E-state index is -0.283. The molecule has 0 fully saturated rings. The van der Waals surface area contributed by atoms with Gasteiger partial charge in [-0.05, 0) is 65.6 Å². The molecule has 1 N–H and O–H groups in total. The van der Waals surface area contributed by atoms with Crippen LogP contribution in [0, 0.1) is 0 Å². The Morgan fingerprint density at radius 3 is 2.65 bits per heavy atom. The normalized spacial score (nSPS) is 11.3. The molecule has 0 saturated carbocycles. The zero-order valence-electron chi connectivity index (χ0n) is 18.7. The van der Waals surface area contributed by atoms with Gasteiger partial charge in [-0.2, -0.15) is 0 Å². The summed E-state index contributed by atoms with van der Waals surface area (Å²) in [6, 6.07) is 17.0. The van der Waals surface area contributed by atoms with Crippen molar-refractivity contribution >= 4 is 34.6 Å². The molecule has 0 saturated heterocycles. The molecule has 2 heterocycles. The van der Waals surface area contributed by atoms with Crippen LogP contribution >= 0.6 is 0 Å². The van der Waals surface area contributed by atoms with Crippen molar-refractivity contribution in [3.63, 3.8) is 0 Å². The number of carbonyl (C=O) groups is 2. The van der Waals surface area contributed by atoms with Gasteiger partial charge >= 0.3 is 0 Å². The number of methoxy groups -OCH3 is 1. The minimum Gasteiger partial charge on any atom is -0.496 e. The number of aromatic amines is 1. The number of ether oxygens (including phenoxy) is 2. The predicted octanol–water partition coefficient (Wildman–Crippen LogP) is 5.41. The fourth-order valence-corrected chi connectivity index (χ4v) is 3.41. The molecule has 6 heteroatoms. The summed E-state index contributed by atoms with van der Waals surface area (Å²) in [6.07, 6.45) is 11.3. The van der Waals surface area contributed by atoms with Crippen molar-refractivity contribution in [2.45, 2.75) is 13.0 Å². The lowest BCUT2D eigenvalue weighted by atomic mass is 10.1. The van der Waals surface area contributed by atoms with Gasteiger partial charge in [0.25, 0.3) is 0 Å². The van der Waals surface area contributed by atoms with E-state index in [0.717, 1.165) is 22.0 Å². The molecule has 4 rings (SSSR count). The van der Waals surface area contributed by atoms with Crippen molar-refractivity contribution in [2.75, 3.05) is 7.11 Å². The van der Waals surface area contributed by atoms with Crippen LogP contribution in [0.5, 0.6) is 11.5 Å². The number of allylic oxidation sites excluding steroid dienone is 2. The van der Waals surface area contributed by atoms with Gasteiger partial charge in [-0.25, -0.2) is 0 Å². The van der Waals surface area contributed by atoms with Gasteiger partial charge in [0.1, 0.15) is 18.1 Å². The number of hydrogen-bond donors (Lipinski definition) is 1. The molecule has 170 valence electrons. The Morgan fingerprint density at radius 1 is 1.00 bits per heavy atom. The molecule has 34 heavy (non-hydrogen) atoms. The number of rotatable bonds is 10. The van der Waals surface area contributed by atoms with E-state index in [1.165, 1.54) is 12.2 Å². The number of pyridine rings is 1. The lowest BCUT2D eigenvalue weighted by molar-refractivity contribution is -0.121. The average Bonchev–Trinajstić information content (AvgIpc) is 3.34. The zero-order chi connectivity index (χ0) is 23.8. The highest BCUT2D eigenvalue weighted by molar-refractivity contribution is 6.11. The highest BCUT2D eigenvalue weighted by Crippen LogP contribution is 2.26. The summed E-state index contributed by atoms with van der Waals surface area (Å²) >= 11 is 0. The van der Waals surface area contributed by atoms with Crippen molar-refractivity contribution in [3.8, 4) is 11.5 Å². The SMILES string of the molecule is COc1cc(OCc2cccnc2)ccc1C=CC(=O)CC(=O)C=Cc1ccc2[nH]ccc2c1. The Kier molecular flexibility index (Phi) is 7.30. The first-order chi connectivity index (χ1) is 16.6. The number of aromatic nitrogens is 2. The third-order valence-electron chi connectivity index (χ3n) is 5.17. The van der Waals surface area contributed by atoms with Gasteiger partial charge in [-0.1, -0.05) is 18.2 Å². The van der Waals surface area contributed by atoms with Crippen molar-refractivity contribution in [1.29, 1.82) is 0 Å². The van der Waals surface area contributed by atoms with Crippen molar-refractivity contribution in [3.05, 3.63) is 102 Å². The van der Waals surface area contributed by atoms with E-state index in [0.29, 0.717) is 23.7 Å². The van der Waals surface area contributed by atoms with Gasteiger partial charge in [-0.3, -0.25) is 14.6 Å². The first kappa shape index (κ1) is 22.7. The number of nitrogens with zero attached hydrogens (tertiary/aromatic N) is 1. The quantitative estimate of drug-likeness (QED) is 0.257. The summed E-state index contributed by atoms with van der Waals surface area (Å²) in [5, 5.41) is 1.07. The monoisotopic (exact) mass is 452 g/mol. The van der Waals surface area contributed by atoms with Crippen LogP contribution in [-0.4, -0.2) is 28.6 Å². The van der Waals surface area contributed by atoms with E-state index >= 15 is 0 Å². The van der Waals surface area contributed by atoms with E-state index in [2.05, 4.69) is 9.97 Å². The van der Waals surface area contributed by atoms with Gasteiger partial charge in [-0.15, -0.1) is 0 Å². The van der Waals surface area contributed by atoms with E-state index in [4.69, 9.17) is 9.47 Å². The third-order valence-corrected chi connectivity index (χ3v) is 5.17. The smallest absolute Gasteiger partial charge is 0.163 e. The molecule has 4 aromatic rings. The molecule has 0 aliphatic heterocycles. The molecule has 0 unspecified atom stereocenters. The summed E-state index contributed by atoms with van der Waals surface area (Å²) in [5.74, 6) is 0.672. The number of ketones is 2. The van der Waals surface area contributed by atoms with E-state index in [1.54, 1.807) is 49.9 Å². The zero-order valence-corrected chi connectivity index (χ0v) is 18.7. The first-order valence-corrected chi connectivity index (χ1v) is 10.8. The Morgan fingerprint density at radius 2 is 1.85 bits per heavy atom. The van der Waals surface area contributed by atoms with Crippen LogP contribution in [0.15, 0.2) is 85.3 Å². The molecule has 6 nitrogen and oxygen atoms in total. The molecule has 0 amide bonds. The Bertz CT molecular complexity index is 1350. The lowest BCUT2D eigenvalue weighted by Crippen LogP contribution is -2.02. The third kappa shape index (κ3) is 6.07. The fourth-order valence-electron chi connectivity index (χ4n) is 3.41. The Hall–Kier alpha value is -4.45. The van der Waals surface area contributed by atoms with Crippen LogP contribution in [0.3, 0.4) is 0 Å². The van der Waals surface area contributed by atoms with Crippen LogP contribution in [0.4, 0.5) is 0 Å². The highest BCUT2D eigenvalue weighted by Gasteiger charge is 2.07. The summed E-state index contributed by atoms with van der Waals surface area (Å²) in [4.78, 5) is 31.7. The van der Waals surface area contributed by atoms with E-state index in [-0.39, 0.29) is 18.0 Å². The van der Waals surface area contributed by atoms with E-state index < -0.39 is 0 Å². The standard InChI is InChI=1S/C28H24N2O4/c1-33-28-17-26(34-19-21-3-2-13-29-18-21)10-7-22(28)6-9-25(32)16-24(31)8-4-20-5-11-27-23(15-20)12-14-30-27/h2-15,17-18,30H,16,19H2,1H3. The average molecular weight is 453 g/mol. The van der Waals surface area contributed by atoms with Crippen LogP contribution in [0.25, 0.3) is 23.1 Å². The summed E-state index contributed by atoms with van der Waals surface area (Å²) in [6.45, 7) is 0.388. The van der Waals surface area contributed by atoms with Crippen molar-refractivity contribution in [1.82, 2.24) is 9.97 Å². The molecule has 0 radical (unpaired) electrons. The topological polar surface area (TPSA) is 81.3 Å². The number of nitrogens with one attached hydrogen (secondary N) is 1. The van der Waals surface area contributed by atoms with Crippen molar-refractivity contribution < 1.29 is 19.1 Å². The number of H-pyrrole nitrogens is 1. The maximum absolute atomic E-state index is 12.3. The van der Waals surface area contributed by atoms with Gasteiger partial charge < -0.3 is 14.5 Å². The number of hydrogen-bond acceptors (Lipinski definition) is 5. The van der Waals surface area contributed by atoms with Crippen LogP contribution < -0.4 is 9.47 Å². The fraction of sp³-hybridized carbons (Fsp3) is 0.107. The number of carbonyl (C=O) groups excluding carboxylic acids is 2. The first-order valence-electron chi connectivity index (χ1n) is 10.8. The van der Waals surface area contributed by atoms with Gasteiger partial charge in [0.2, 0.25) is 0 Å². The molecule has 0 bridgehead atoms. The molecule has 0 spiro atoms. The lowest BCUT2D eigenvalue weighted by Gasteiger charge is -2.10. The van der Waals surface area contributed by atoms with Crippen LogP contribution in [-0.2, 0) is 16.2 Å². The number of benzene rings is 2. The summed E-state index contributed by atoms with van der Waals surface area (Å²) < 4.78 is 11.2. The van der Waals surface area contributed by atoms with Crippen molar-refractivity contribution in [2.24, 2.45) is 0 Å². The highest BCUT2D eigenvalue weighted by atomic mass is 16.5. The maximum Gasteiger partial charge on any atom is 0.163 e. The van der Waals surface area contributed by atoms with E-state index in [1.807, 2.05) is 42.6 Å². The molecular formula is C28H24N2O4. The van der Waals surface area contributed by atoms with E-state index in [9.17, 15) is 9.59 Å². The molecule has 0 aliphatic carbocycles. The number of fused-ring (bicyclic) bond motifs is 1. The molecule has 2 aromatic carbocycles. The minimum absolute atomic E-state index is 0.200. The summed E-state index contributed by atoms with van der Waals surface area (Å²) in [5.41, 5.74) is 3.61. The largest absolute Gasteiger partial charge is 0.496 e. The molecule has 2 aromatic heterocycles. The maximum atomic E-state index is 12.3. The Labute approximate surface area is 197 Å². The Balaban J connectivity index is 1.33. The van der Waals surface area contributed by atoms with Gasteiger partial charge in [0.15, 0.2) is 11.6 Å². The second-order valence-electron chi connectivity index (χ2n) is 7.65. The molecule has 0 atom stereocenters. The molecular weight excluding hydrogens is 428 g/mol. The van der Waals surface area contributed by atoms with Gasteiger partial charge in [0.05, 0.1) is 13.5 Å². The van der Waals surface area contributed by atoms with Crippen LogP contribution in [0.1, 0.15) is 23.1 Å². The summed E-state index contributed by atoms with van der Waals surface area (Å²) in [7, 11) is 1.55. The van der Waals surface area contributed by atoms with Crippen LogP contribution in [0.2, 0.25) is 0 Å². The second kappa shape index (κ2) is 10.9. The second-order valence-corrected chi connectivity index (χ2v) is 7.65. The molecule has 0 aliphatic rings. The predicted molar refractivity (Wildman–Crippen MR) is 133 cm³/mol.